The number of nitrogens with one attached hydrogen (secondary N) is 1. The summed E-state index contributed by atoms with van der Waals surface area (Å²) in [6.07, 6.45) is 3.68. The van der Waals surface area contributed by atoms with Crippen LogP contribution >= 0.6 is 0 Å². The van der Waals surface area contributed by atoms with Gasteiger partial charge in [0.1, 0.15) is 0 Å². The van der Waals surface area contributed by atoms with E-state index in [-0.39, 0.29) is 0 Å². The van der Waals surface area contributed by atoms with Gasteiger partial charge in [-0.1, -0.05) is 0 Å². The minimum absolute atomic E-state index is 0.685. The summed E-state index contributed by atoms with van der Waals surface area (Å²) in [7, 11) is 2.21. The molecule has 2 saturated heterocycles. The third-order valence-electron chi connectivity index (χ3n) is 3.91. The third kappa shape index (κ3) is 4.92. The Morgan fingerprint density at radius 2 is 1.94 bits per heavy atom. The lowest BCUT2D eigenvalue weighted by molar-refractivity contribution is 0.141. The Hall–Kier alpha value is -0.160. The molecule has 17 heavy (non-hydrogen) atoms. The topological polar surface area (TPSA) is 27.7 Å². The van der Waals surface area contributed by atoms with E-state index < -0.39 is 0 Å². The maximum atomic E-state index is 5.48. The largest absolute Gasteiger partial charge is 0.381 e. The molecule has 4 nitrogen and oxygen atoms in total. The van der Waals surface area contributed by atoms with Crippen molar-refractivity contribution in [2.24, 2.45) is 0 Å². The van der Waals surface area contributed by atoms with Crippen LogP contribution in [0.4, 0.5) is 0 Å². The third-order valence-corrected chi connectivity index (χ3v) is 3.91. The van der Waals surface area contributed by atoms with Crippen molar-refractivity contribution < 1.29 is 4.74 Å². The molecule has 100 valence electrons. The monoisotopic (exact) mass is 241 g/mol. The van der Waals surface area contributed by atoms with Gasteiger partial charge in [0.15, 0.2) is 0 Å². The molecule has 0 amide bonds. The molecule has 1 unspecified atom stereocenters. The zero-order chi connectivity index (χ0) is 11.9. The second kappa shape index (κ2) is 7.31. The summed E-state index contributed by atoms with van der Waals surface area (Å²) in [5, 5.41) is 3.68. The number of hydrogen-bond donors (Lipinski definition) is 1. The molecule has 0 aromatic heterocycles. The summed E-state index contributed by atoms with van der Waals surface area (Å²) < 4.78 is 5.48. The Balaban J connectivity index is 1.55. The van der Waals surface area contributed by atoms with E-state index in [0.717, 1.165) is 19.8 Å². The highest BCUT2D eigenvalue weighted by Crippen LogP contribution is 2.07. The van der Waals surface area contributed by atoms with E-state index in [1.165, 1.54) is 52.0 Å². The fourth-order valence-corrected chi connectivity index (χ4v) is 2.61. The molecule has 2 heterocycles. The van der Waals surface area contributed by atoms with E-state index >= 15 is 0 Å². The molecule has 0 aromatic carbocycles. The molecule has 2 aliphatic rings. The van der Waals surface area contributed by atoms with Crippen LogP contribution in [0.15, 0.2) is 0 Å². The van der Waals surface area contributed by atoms with E-state index in [1.807, 2.05) is 0 Å². The lowest BCUT2D eigenvalue weighted by atomic mass is 10.1. The van der Waals surface area contributed by atoms with Gasteiger partial charge < -0.3 is 15.0 Å². The van der Waals surface area contributed by atoms with Crippen LogP contribution in [0.25, 0.3) is 0 Å². The minimum Gasteiger partial charge on any atom is -0.381 e. The van der Waals surface area contributed by atoms with Gasteiger partial charge in [0.25, 0.3) is 0 Å². The zero-order valence-electron chi connectivity index (χ0n) is 11.2. The number of hydrogen-bond acceptors (Lipinski definition) is 4. The van der Waals surface area contributed by atoms with E-state index in [9.17, 15) is 0 Å². The van der Waals surface area contributed by atoms with Crippen LogP contribution < -0.4 is 5.32 Å². The van der Waals surface area contributed by atoms with Crippen LogP contribution in [-0.2, 0) is 4.74 Å². The van der Waals surface area contributed by atoms with Gasteiger partial charge >= 0.3 is 0 Å². The van der Waals surface area contributed by atoms with Gasteiger partial charge in [0.05, 0.1) is 0 Å². The van der Waals surface area contributed by atoms with Crippen molar-refractivity contribution in [3.63, 3.8) is 0 Å². The number of rotatable bonds is 4. The number of nitrogens with zero attached hydrogens (tertiary/aromatic N) is 2. The predicted molar refractivity (Wildman–Crippen MR) is 70.4 cm³/mol. The predicted octanol–water partition coefficient (Wildman–Crippen LogP) is 0.393. The second-order valence-corrected chi connectivity index (χ2v) is 5.34. The van der Waals surface area contributed by atoms with E-state index in [0.29, 0.717) is 6.04 Å². The SMILES string of the molecule is CN1CCN(CCNC2CCCOCC2)CC1. The van der Waals surface area contributed by atoms with Gasteiger partial charge in [0, 0.05) is 58.5 Å². The summed E-state index contributed by atoms with van der Waals surface area (Å²) in [6.45, 7) is 9.12. The van der Waals surface area contributed by atoms with Gasteiger partial charge in [-0.3, -0.25) is 4.90 Å². The van der Waals surface area contributed by atoms with Crippen LogP contribution in [0, 0.1) is 0 Å². The molecule has 2 rings (SSSR count). The van der Waals surface area contributed by atoms with Gasteiger partial charge in [0.2, 0.25) is 0 Å². The average molecular weight is 241 g/mol. The highest BCUT2D eigenvalue weighted by molar-refractivity contribution is 4.73. The lowest BCUT2D eigenvalue weighted by Gasteiger charge is -2.32. The maximum absolute atomic E-state index is 5.48. The Labute approximate surface area is 105 Å². The van der Waals surface area contributed by atoms with Crippen LogP contribution in [-0.4, -0.2) is 75.4 Å². The van der Waals surface area contributed by atoms with Crippen LogP contribution in [0.2, 0.25) is 0 Å². The molecule has 0 saturated carbocycles. The van der Waals surface area contributed by atoms with Gasteiger partial charge in [-0.2, -0.15) is 0 Å². The number of ether oxygens (including phenoxy) is 1. The Morgan fingerprint density at radius 3 is 2.76 bits per heavy atom. The molecular formula is C13H27N3O. The fourth-order valence-electron chi connectivity index (χ4n) is 2.61. The van der Waals surface area contributed by atoms with E-state index in [2.05, 4.69) is 22.2 Å². The Morgan fingerprint density at radius 1 is 1.12 bits per heavy atom. The zero-order valence-corrected chi connectivity index (χ0v) is 11.2. The van der Waals surface area contributed by atoms with Gasteiger partial charge in [-0.05, 0) is 26.3 Å². The number of piperazine rings is 1. The number of likely N-dealkylation sites (N-methyl/N-ethyl adjacent to an activating group) is 1. The molecule has 0 aromatic rings. The van der Waals surface area contributed by atoms with Crippen molar-refractivity contribution in [1.29, 1.82) is 0 Å². The van der Waals surface area contributed by atoms with Crippen molar-refractivity contribution in [3.05, 3.63) is 0 Å². The van der Waals surface area contributed by atoms with Crippen molar-refractivity contribution in [1.82, 2.24) is 15.1 Å². The molecule has 1 atom stereocenters. The second-order valence-electron chi connectivity index (χ2n) is 5.34. The van der Waals surface area contributed by atoms with E-state index in [1.54, 1.807) is 0 Å². The first-order valence-corrected chi connectivity index (χ1v) is 7.06. The lowest BCUT2D eigenvalue weighted by Crippen LogP contribution is -2.47. The molecule has 4 heteroatoms. The Kier molecular flexibility index (Phi) is 5.71. The fraction of sp³-hybridized carbons (Fsp3) is 1.00. The van der Waals surface area contributed by atoms with Crippen molar-refractivity contribution in [3.8, 4) is 0 Å². The average Bonchev–Trinajstić information content (AvgIpc) is 2.60. The summed E-state index contributed by atoms with van der Waals surface area (Å²) in [4.78, 5) is 4.98. The molecule has 1 N–H and O–H groups in total. The quantitative estimate of drug-likeness (QED) is 0.771. The molecule has 2 fully saturated rings. The van der Waals surface area contributed by atoms with Crippen molar-refractivity contribution >= 4 is 0 Å². The normalized spacial score (nSPS) is 29.1. The Bertz CT molecular complexity index is 197. The van der Waals surface area contributed by atoms with E-state index in [4.69, 9.17) is 4.74 Å². The first-order chi connectivity index (χ1) is 8.34. The first kappa shape index (κ1) is 13.3. The van der Waals surface area contributed by atoms with Crippen molar-refractivity contribution in [2.75, 3.05) is 59.5 Å². The molecule has 0 bridgehead atoms. The summed E-state index contributed by atoms with van der Waals surface area (Å²) in [5.74, 6) is 0. The van der Waals surface area contributed by atoms with Crippen molar-refractivity contribution in [2.45, 2.75) is 25.3 Å². The maximum Gasteiger partial charge on any atom is 0.0480 e. The smallest absolute Gasteiger partial charge is 0.0480 e. The molecule has 0 aliphatic carbocycles. The van der Waals surface area contributed by atoms with Gasteiger partial charge in [-0.15, -0.1) is 0 Å². The van der Waals surface area contributed by atoms with Crippen LogP contribution in [0.1, 0.15) is 19.3 Å². The van der Waals surface area contributed by atoms with Crippen LogP contribution in [0.5, 0.6) is 0 Å². The standard InChI is InChI=1S/C13H27N3O/c1-15-7-9-16(10-8-15)6-5-14-13-3-2-11-17-12-4-13/h13-14H,2-12H2,1H3. The minimum atomic E-state index is 0.685. The van der Waals surface area contributed by atoms with Gasteiger partial charge in [-0.25, -0.2) is 0 Å². The highest BCUT2D eigenvalue weighted by atomic mass is 16.5. The summed E-state index contributed by atoms with van der Waals surface area (Å²) in [5.41, 5.74) is 0. The van der Waals surface area contributed by atoms with Crippen LogP contribution in [0.3, 0.4) is 0 Å². The first-order valence-electron chi connectivity index (χ1n) is 7.06. The molecular weight excluding hydrogens is 214 g/mol. The molecule has 0 radical (unpaired) electrons. The summed E-state index contributed by atoms with van der Waals surface area (Å²) in [6, 6.07) is 0.685. The highest BCUT2D eigenvalue weighted by Gasteiger charge is 2.15. The molecule has 2 aliphatic heterocycles. The molecule has 0 spiro atoms. The summed E-state index contributed by atoms with van der Waals surface area (Å²) >= 11 is 0.